The molecule has 0 aromatic heterocycles. The van der Waals surface area contributed by atoms with Gasteiger partial charge in [0.15, 0.2) is 0 Å². The Morgan fingerprint density at radius 1 is 1.16 bits per heavy atom. The molecule has 0 atom stereocenters. The molecule has 0 unspecified atom stereocenters. The van der Waals surface area contributed by atoms with E-state index in [9.17, 15) is 0 Å². The molecule has 19 heavy (non-hydrogen) atoms. The Kier molecular flexibility index (Phi) is 5.11. The Hall–Kier alpha value is -1.19. The van der Waals surface area contributed by atoms with Crippen molar-refractivity contribution < 1.29 is 0 Å². The maximum absolute atomic E-state index is 3.76. The molecule has 0 aliphatic rings. The fourth-order valence-electron chi connectivity index (χ4n) is 1.73. The highest BCUT2D eigenvalue weighted by molar-refractivity contribution is 9.10. The fraction of sp³-hybridized carbons (Fsp3) is 0.125. The molecular weight excluding hydrogens is 318 g/mol. The Morgan fingerprint density at radius 2 is 1.89 bits per heavy atom. The van der Waals surface area contributed by atoms with Gasteiger partial charge in [0.2, 0.25) is 0 Å². The van der Waals surface area contributed by atoms with E-state index in [4.69, 9.17) is 0 Å². The van der Waals surface area contributed by atoms with Crippen molar-refractivity contribution in [2.45, 2.75) is 9.79 Å². The summed E-state index contributed by atoms with van der Waals surface area (Å²) in [5, 5.41) is 0. The summed E-state index contributed by atoms with van der Waals surface area (Å²) in [6.45, 7) is 4.62. The van der Waals surface area contributed by atoms with Crippen molar-refractivity contribution in [2.75, 3.05) is 18.5 Å². The fourth-order valence-corrected chi connectivity index (χ4v) is 3.16. The van der Waals surface area contributed by atoms with Crippen LogP contribution in [0.2, 0.25) is 0 Å². The Bertz CT molecular complexity index is 551. The summed E-state index contributed by atoms with van der Waals surface area (Å²) < 4.78 is 1.11. The maximum Gasteiger partial charge on any atom is 0.0367 e. The van der Waals surface area contributed by atoms with Crippen LogP contribution < -0.4 is 4.90 Å². The van der Waals surface area contributed by atoms with Crippen molar-refractivity contribution in [3.05, 3.63) is 65.7 Å². The average molecular weight is 334 g/mol. The Balaban J connectivity index is 2.08. The number of halogens is 1. The van der Waals surface area contributed by atoms with Crippen molar-refractivity contribution in [3.63, 3.8) is 0 Å². The quantitative estimate of drug-likeness (QED) is 0.690. The summed E-state index contributed by atoms with van der Waals surface area (Å²) in [5.41, 5.74) is 1.21. The molecule has 0 spiro atoms. The minimum Gasteiger partial charge on any atom is -0.371 e. The van der Waals surface area contributed by atoms with Crippen molar-refractivity contribution in [1.82, 2.24) is 0 Å². The third kappa shape index (κ3) is 4.15. The third-order valence-corrected chi connectivity index (χ3v) is 4.20. The van der Waals surface area contributed by atoms with Crippen molar-refractivity contribution in [1.29, 1.82) is 0 Å². The highest BCUT2D eigenvalue weighted by atomic mass is 79.9. The molecule has 0 N–H and O–H groups in total. The lowest BCUT2D eigenvalue weighted by Crippen LogP contribution is -2.16. The van der Waals surface area contributed by atoms with Gasteiger partial charge in [0.05, 0.1) is 0 Å². The minimum atomic E-state index is 0.859. The summed E-state index contributed by atoms with van der Waals surface area (Å²) in [6, 6.07) is 16.9. The molecule has 0 aliphatic heterocycles. The number of hydrogen-bond donors (Lipinski definition) is 0. The summed E-state index contributed by atoms with van der Waals surface area (Å²) in [4.78, 5) is 4.65. The van der Waals surface area contributed by atoms with E-state index in [2.05, 4.69) is 76.9 Å². The van der Waals surface area contributed by atoms with Gasteiger partial charge in [-0.05, 0) is 42.5 Å². The van der Waals surface area contributed by atoms with E-state index >= 15 is 0 Å². The van der Waals surface area contributed by atoms with Gasteiger partial charge in [-0.1, -0.05) is 39.8 Å². The van der Waals surface area contributed by atoms with E-state index in [0.29, 0.717) is 0 Å². The van der Waals surface area contributed by atoms with Crippen molar-refractivity contribution in [2.24, 2.45) is 0 Å². The van der Waals surface area contributed by atoms with Crippen LogP contribution in [0.1, 0.15) is 0 Å². The van der Waals surface area contributed by atoms with Gasteiger partial charge in [0.25, 0.3) is 0 Å². The van der Waals surface area contributed by atoms with Gasteiger partial charge >= 0.3 is 0 Å². The van der Waals surface area contributed by atoms with Crippen molar-refractivity contribution >= 4 is 33.4 Å². The van der Waals surface area contributed by atoms with Crippen LogP contribution in [0.4, 0.5) is 5.69 Å². The Labute approximate surface area is 127 Å². The number of benzene rings is 2. The van der Waals surface area contributed by atoms with E-state index < -0.39 is 0 Å². The first-order valence-electron chi connectivity index (χ1n) is 6.04. The predicted octanol–water partition coefficient (Wildman–Crippen LogP) is 5.22. The van der Waals surface area contributed by atoms with Crippen LogP contribution in [-0.4, -0.2) is 13.6 Å². The monoisotopic (exact) mass is 333 g/mol. The zero-order chi connectivity index (χ0) is 13.7. The van der Waals surface area contributed by atoms with Gasteiger partial charge in [-0.25, -0.2) is 0 Å². The predicted molar refractivity (Wildman–Crippen MR) is 88.2 cm³/mol. The number of rotatable bonds is 5. The minimum absolute atomic E-state index is 0.859. The SMILES string of the molecule is C=CCN(C)c1ccc(Sc2cccc(Br)c2)cc1. The summed E-state index contributed by atoms with van der Waals surface area (Å²) in [6.07, 6.45) is 1.91. The summed E-state index contributed by atoms with van der Waals surface area (Å²) in [7, 11) is 2.07. The van der Waals surface area contributed by atoms with Crippen molar-refractivity contribution in [3.8, 4) is 0 Å². The Morgan fingerprint density at radius 3 is 2.53 bits per heavy atom. The van der Waals surface area contributed by atoms with E-state index in [1.807, 2.05) is 12.1 Å². The lowest BCUT2D eigenvalue weighted by Gasteiger charge is -2.17. The first-order chi connectivity index (χ1) is 9.19. The van der Waals surface area contributed by atoms with Crippen LogP contribution in [0.15, 0.2) is 75.4 Å². The molecule has 0 amide bonds. The molecule has 0 saturated carbocycles. The van der Waals surface area contributed by atoms with Gasteiger partial charge in [0, 0.05) is 33.5 Å². The average Bonchev–Trinajstić information content (AvgIpc) is 2.40. The van der Waals surface area contributed by atoms with Crippen LogP contribution in [-0.2, 0) is 0 Å². The highest BCUT2D eigenvalue weighted by Gasteiger charge is 2.01. The molecule has 98 valence electrons. The highest BCUT2D eigenvalue weighted by Crippen LogP contribution is 2.30. The van der Waals surface area contributed by atoms with E-state index in [1.165, 1.54) is 15.5 Å². The van der Waals surface area contributed by atoms with Crippen LogP contribution in [0, 0.1) is 0 Å². The number of nitrogens with zero attached hydrogens (tertiary/aromatic N) is 1. The molecule has 0 aliphatic carbocycles. The first kappa shape index (κ1) is 14.2. The maximum atomic E-state index is 3.76. The van der Waals surface area contributed by atoms with Gasteiger partial charge in [0.1, 0.15) is 0 Å². The van der Waals surface area contributed by atoms with E-state index in [-0.39, 0.29) is 0 Å². The second kappa shape index (κ2) is 6.83. The van der Waals surface area contributed by atoms with Crippen LogP contribution >= 0.6 is 27.7 Å². The normalized spacial score (nSPS) is 10.2. The zero-order valence-corrected chi connectivity index (χ0v) is 13.2. The molecule has 2 aromatic carbocycles. The summed E-state index contributed by atoms with van der Waals surface area (Å²) >= 11 is 5.26. The van der Waals surface area contributed by atoms with Gasteiger partial charge < -0.3 is 4.90 Å². The molecule has 2 rings (SSSR count). The largest absolute Gasteiger partial charge is 0.371 e. The number of likely N-dealkylation sites (N-methyl/N-ethyl adjacent to an activating group) is 1. The lowest BCUT2D eigenvalue weighted by molar-refractivity contribution is 1.03. The molecule has 0 radical (unpaired) electrons. The molecule has 0 fully saturated rings. The van der Waals surface area contributed by atoms with Crippen LogP contribution in [0.3, 0.4) is 0 Å². The van der Waals surface area contributed by atoms with Gasteiger partial charge in [-0.3, -0.25) is 0 Å². The first-order valence-corrected chi connectivity index (χ1v) is 7.65. The second-order valence-corrected chi connectivity index (χ2v) is 6.29. The molecule has 0 saturated heterocycles. The molecule has 0 bridgehead atoms. The number of anilines is 1. The standard InChI is InChI=1S/C16H16BrNS/c1-3-11-18(2)14-7-9-15(10-8-14)19-16-6-4-5-13(17)12-16/h3-10,12H,1,11H2,2H3. The smallest absolute Gasteiger partial charge is 0.0367 e. The lowest BCUT2D eigenvalue weighted by atomic mass is 10.3. The van der Waals surface area contributed by atoms with Gasteiger partial charge in [-0.2, -0.15) is 0 Å². The topological polar surface area (TPSA) is 3.24 Å². The molecule has 2 aromatic rings. The van der Waals surface area contributed by atoms with E-state index in [1.54, 1.807) is 11.8 Å². The van der Waals surface area contributed by atoms with Crippen LogP contribution in [0.5, 0.6) is 0 Å². The third-order valence-electron chi connectivity index (χ3n) is 2.71. The molecule has 0 heterocycles. The molecule has 1 nitrogen and oxygen atoms in total. The van der Waals surface area contributed by atoms with Crippen LogP contribution in [0.25, 0.3) is 0 Å². The second-order valence-electron chi connectivity index (χ2n) is 4.22. The molecule has 3 heteroatoms. The van der Waals surface area contributed by atoms with E-state index in [0.717, 1.165) is 11.0 Å². The summed E-state index contributed by atoms with van der Waals surface area (Å²) in [5.74, 6) is 0. The zero-order valence-electron chi connectivity index (χ0n) is 10.8. The van der Waals surface area contributed by atoms with Gasteiger partial charge in [-0.15, -0.1) is 6.58 Å². The number of hydrogen-bond acceptors (Lipinski definition) is 2. The molecular formula is C16H16BrNS.